The zero-order chi connectivity index (χ0) is 14.5. The lowest BCUT2D eigenvalue weighted by Gasteiger charge is -2.34. The summed E-state index contributed by atoms with van der Waals surface area (Å²) in [4.78, 5) is 19.0. The van der Waals surface area contributed by atoms with Crippen molar-refractivity contribution in [3.05, 3.63) is 23.4 Å². The zero-order valence-electron chi connectivity index (χ0n) is 12.8. The number of hydrogen-bond acceptors (Lipinski definition) is 3. The molecule has 0 radical (unpaired) electrons. The summed E-state index contributed by atoms with van der Waals surface area (Å²) in [5.41, 5.74) is 1.75. The van der Waals surface area contributed by atoms with E-state index in [9.17, 15) is 4.79 Å². The maximum atomic E-state index is 12.6. The predicted molar refractivity (Wildman–Crippen MR) is 82.1 cm³/mol. The number of nitrogens with one attached hydrogen (secondary N) is 1. The molecule has 2 rings (SSSR count). The first-order valence-corrected chi connectivity index (χ1v) is 7.67. The number of carbonyl (C=O) groups is 1. The van der Waals surface area contributed by atoms with Gasteiger partial charge in [0.05, 0.1) is 0 Å². The summed E-state index contributed by atoms with van der Waals surface area (Å²) in [6.07, 6.45) is 5.45. The molecular weight excluding hydrogens is 250 g/mol. The van der Waals surface area contributed by atoms with E-state index in [4.69, 9.17) is 0 Å². The first-order valence-electron chi connectivity index (χ1n) is 7.67. The van der Waals surface area contributed by atoms with E-state index in [1.165, 1.54) is 6.42 Å². The number of pyridine rings is 1. The van der Waals surface area contributed by atoms with Gasteiger partial charge in [-0.1, -0.05) is 13.3 Å². The van der Waals surface area contributed by atoms with Crippen LogP contribution in [0.15, 0.2) is 12.1 Å². The molecule has 1 aliphatic rings. The Morgan fingerprint density at radius 3 is 2.70 bits per heavy atom. The molecule has 0 saturated heterocycles. The molecule has 0 aliphatic heterocycles. The van der Waals surface area contributed by atoms with E-state index in [1.807, 2.05) is 31.0 Å². The van der Waals surface area contributed by atoms with Crippen LogP contribution in [-0.4, -0.2) is 35.4 Å². The van der Waals surface area contributed by atoms with E-state index in [0.717, 1.165) is 49.3 Å². The fraction of sp³-hybridized carbons (Fsp3) is 0.625. The minimum atomic E-state index is 0.119. The summed E-state index contributed by atoms with van der Waals surface area (Å²) >= 11 is 0. The van der Waals surface area contributed by atoms with Crippen LogP contribution in [0.4, 0.5) is 5.82 Å². The van der Waals surface area contributed by atoms with Crippen LogP contribution in [-0.2, 0) is 6.42 Å². The lowest BCUT2D eigenvalue weighted by molar-refractivity contribution is 0.0652. The van der Waals surface area contributed by atoms with Gasteiger partial charge in [0.15, 0.2) is 0 Å². The highest BCUT2D eigenvalue weighted by Crippen LogP contribution is 2.25. The number of nitrogens with zero attached hydrogens (tertiary/aromatic N) is 2. The smallest absolute Gasteiger partial charge is 0.254 e. The highest BCUT2D eigenvalue weighted by atomic mass is 16.2. The second kappa shape index (κ2) is 6.73. The van der Waals surface area contributed by atoms with E-state index in [-0.39, 0.29) is 5.91 Å². The molecule has 4 heteroatoms. The Bertz CT molecular complexity index is 445. The SMILES string of the molecule is CCCc1cc(C(=O)N(C)C2CCC2)cc(NCC)n1. The molecule has 1 N–H and O–H groups in total. The molecule has 20 heavy (non-hydrogen) atoms. The highest BCUT2D eigenvalue weighted by molar-refractivity contribution is 5.95. The van der Waals surface area contributed by atoms with E-state index in [2.05, 4.69) is 17.2 Å². The molecule has 1 heterocycles. The molecule has 1 saturated carbocycles. The number of hydrogen-bond donors (Lipinski definition) is 1. The number of rotatable bonds is 6. The summed E-state index contributed by atoms with van der Waals surface area (Å²) in [7, 11) is 1.92. The number of amides is 1. The quantitative estimate of drug-likeness (QED) is 0.867. The summed E-state index contributed by atoms with van der Waals surface area (Å²) in [5.74, 6) is 0.928. The van der Waals surface area contributed by atoms with Crippen LogP contribution in [0.25, 0.3) is 0 Å². The number of aryl methyl sites for hydroxylation is 1. The standard InChI is InChI=1S/C16H25N3O/c1-4-7-13-10-12(11-15(18-13)17-5-2)16(20)19(3)14-8-6-9-14/h10-11,14H,4-9H2,1-3H3,(H,17,18). The van der Waals surface area contributed by atoms with E-state index < -0.39 is 0 Å². The number of carbonyl (C=O) groups excluding carboxylic acids is 1. The molecule has 1 aromatic heterocycles. The lowest BCUT2D eigenvalue weighted by atomic mass is 9.91. The monoisotopic (exact) mass is 275 g/mol. The Kier molecular flexibility index (Phi) is 4.99. The summed E-state index contributed by atoms with van der Waals surface area (Å²) in [6, 6.07) is 4.25. The van der Waals surface area contributed by atoms with E-state index in [1.54, 1.807) is 0 Å². The van der Waals surface area contributed by atoms with Gasteiger partial charge < -0.3 is 10.2 Å². The summed E-state index contributed by atoms with van der Waals surface area (Å²) in [6.45, 7) is 4.98. The van der Waals surface area contributed by atoms with Crippen molar-refractivity contribution in [1.82, 2.24) is 9.88 Å². The third-order valence-corrected chi connectivity index (χ3v) is 3.93. The number of anilines is 1. The fourth-order valence-electron chi connectivity index (χ4n) is 2.51. The van der Waals surface area contributed by atoms with Crippen LogP contribution in [0.2, 0.25) is 0 Å². The Morgan fingerprint density at radius 1 is 1.40 bits per heavy atom. The van der Waals surface area contributed by atoms with Crippen molar-refractivity contribution in [2.24, 2.45) is 0 Å². The molecule has 0 unspecified atom stereocenters. The minimum absolute atomic E-state index is 0.119. The van der Waals surface area contributed by atoms with Crippen molar-refractivity contribution in [2.75, 3.05) is 18.9 Å². The van der Waals surface area contributed by atoms with Gasteiger partial charge in [-0.25, -0.2) is 4.98 Å². The van der Waals surface area contributed by atoms with Crippen molar-refractivity contribution >= 4 is 11.7 Å². The van der Waals surface area contributed by atoms with E-state index >= 15 is 0 Å². The Labute approximate surface area is 121 Å². The van der Waals surface area contributed by atoms with Gasteiger partial charge in [-0.15, -0.1) is 0 Å². The van der Waals surface area contributed by atoms with Crippen molar-refractivity contribution in [3.8, 4) is 0 Å². The van der Waals surface area contributed by atoms with Gasteiger partial charge in [0.2, 0.25) is 0 Å². The Balaban J connectivity index is 2.21. The van der Waals surface area contributed by atoms with Crippen molar-refractivity contribution in [2.45, 2.75) is 52.0 Å². The van der Waals surface area contributed by atoms with Crippen molar-refractivity contribution in [3.63, 3.8) is 0 Å². The largest absolute Gasteiger partial charge is 0.370 e. The maximum absolute atomic E-state index is 12.6. The average Bonchev–Trinajstić information content (AvgIpc) is 2.36. The Hall–Kier alpha value is -1.58. The molecule has 0 bridgehead atoms. The zero-order valence-corrected chi connectivity index (χ0v) is 12.8. The van der Waals surface area contributed by atoms with E-state index in [0.29, 0.717) is 6.04 Å². The molecule has 110 valence electrons. The summed E-state index contributed by atoms with van der Waals surface area (Å²) in [5, 5.41) is 3.22. The lowest BCUT2D eigenvalue weighted by Crippen LogP contribution is -2.41. The average molecular weight is 275 g/mol. The molecule has 0 spiro atoms. The van der Waals surface area contributed by atoms with Gasteiger partial charge in [0, 0.05) is 30.9 Å². The topological polar surface area (TPSA) is 45.2 Å². The molecule has 0 aromatic carbocycles. The van der Waals surface area contributed by atoms with Crippen molar-refractivity contribution < 1.29 is 4.79 Å². The van der Waals surface area contributed by atoms with Crippen LogP contribution in [0.5, 0.6) is 0 Å². The Morgan fingerprint density at radius 2 is 2.15 bits per heavy atom. The molecule has 1 fully saturated rings. The van der Waals surface area contributed by atoms with Gasteiger partial charge in [-0.2, -0.15) is 0 Å². The van der Waals surface area contributed by atoms with Crippen LogP contribution in [0.1, 0.15) is 55.6 Å². The van der Waals surface area contributed by atoms with Gasteiger partial charge in [-0.05, 0) is 44.7 Å². The van der Waals surface area contributed by atoms with Gasteiger partial charge in [-0.3, -0.25) is 4.79 Å². The first kappa shape index (κ1) is 14.8. The van der Waals surface area contributed by atoms with Gasteiger partial charge >= 0.3 is 0 Å². The molecule has 1 aliphatic carbocycles. The normalized spacial score (nSPS) is 14.8. The van der Waals surface area contributed by atoms with Crippen LogP contribution in [0.3, 0.4) is 0 Å². The molecule has 1 aromatic rings. The van der Waals surface area contributed by atoms with Crippen LogP contribution < -0.4 is 5.32 Å². The molecule has 4 nitrogen and oxygen atoms in total. The van der Waals surface area contributed by atoms with Crippen LogP contribution in [0, 0.1) is 0 Å². The van der Waals surface area contributed by atoms with Crippen LogP contribution >= 0.6 is 0 Å². The van der Waals surface area contributed by atoms with Crippen molar-refractivity contribution in [1.29, 1.82) is 0 Å². The fourth-order valence-corrected chi connectivity index (χ4v) is 2.51. The first-order chi connectivity index (χ1) is 9.65. The second-order valence-corrected chi connectivity index (χ2v) is 5.51. The third kappa shape index (κ3) is 3.30. The number of aromatic nitrogens is 1. The minimum Gasteiger partial charge on any atom is -0.370 e. The molecule has 1 amide bonds. The molecule has 0 atom stereocenters. The highest BCUT2D eigenvalue weighted by Gasteiger charge is 2.26. The van der Waals surface area contributed by atoms with Gasteiger partial charge in [0.25, 0.3) is 5.91 Å². The van der Waals surface area contributed by atoms with Gasteiger partial charge in [0.1, 0.15) is 5.82 Å². The third-order valence-electron chi connectivity index (χ3n) is 3.93. The molecular formula is C16H25N3O. The second-order valence-electron chi connectivity index (χ2n) is 5.51. The summed E-state index contributed by atoms with van der Waals surface area (Å²) < 4.78 is 0. The predicted octanol–water partition coefficient (Wildman–Crippen LogP) is 3.09. The maximum Gasteiger partial charge on any atom is 0.254 e.